The average molecular weight is 320 g/mol. The number of aromatic nitrogens is 1. The number of benzene rings is 1. The van der Waals surface area contributed by atoms with Gasteiger partial charge in [0.25, 0.3) is 0 Å². The molecule has 7 heteroatoms. The van der Waals surface area contributed by atoms with Crippen LogP contribution >= 0.6 is 0 Å². The molecule has 1 amide bonds. The second kappa shape index (κ2) is 7.13. The molecule has 1 aromatic heterocycles. The Kier molecular flexibility index (Phi) is 5.20. The van der Waals surface area contributed by atoms with E-state index in [4.69, 9.17) is 9.52 Å². The number of carbonyl (C=O) groups is 2. The summed E-state index contributed by atoms with van der Waals surface area (Å²) in [5.41, 5.74) is 0.616. The number of oxazole rings is 1. The number of carboxylic acids is 1. The van der Waals surface area contributed by atoms with Crippen molar-refractivity contribution in [3.05, 3.63) is 34.3 Å². The van der Waals surface area contributed by atoms with Crippen LogP contribution in [0.3, 0.4) is 0 Å². The number of carboxylic acid groups (broad SMARTS) is 1. The van der Waals surface area contributed by atoms with Crippen molar-refractivity contribution in [1.29, 1.82) is 0 Å². The van der Waals surface area contributed by atoms with E-state index >= 15 is 0 Å². The molecule has 0 atom stereocenters. The van der Waals surface area contributed by atoms with Gasteiger partial charge < -0.3 is 14.4 Å². The third-order valence-corrected chi connectivity index (χ3v) is 3.55. The fraction of sp³-hybridized carbons (Fsp3) is 0.438. The molecule has 0 spiro atoms. The molecule has 0 unspecified atom stereocenters. The molecule has 0 aliphatic heterocycles. The van der Waals surface area contributed by atoms with Gasteiger partial charge >= 0.3 is 11.7 Å². The topological polar surface area (TPSA) is 92.8 Å². The lowest BCUT2D eigenvalue weighted by atomic mass is 10.2. The van der Waals surface area contributed by atoms with Gasteiger partial charge in [0.15, 0.2) is 5.58 Å². The van der Waals surface area contributed by atoms with Crippen LogP contribution in [0.15, 0.2) is 27.4 Å². The highest BCUT2D eigenvalue weighted by molar-refractivity contribution is 5.92. The first-order valence-electron chi connectivity index (χ1n) is 7.62. The Balaban J connectivity index is 2.32. The number of fused-ring (bicyclic) bond motifs is 1. The van der Waals surface area contributed by atoms with Crippen molar-refractivity contribution in [2.45, 2.75) is 33.2 Å². The Morgan fingerprint density at radius 3 is 2.43 bits per heavy atom. The van der Waals surface area contributed by atoms with Crippen molar-refractivity contribution in [2.75, 3.05) is 13.1 Å². The third-order valence-electron chi connectivity index (χ3n) is 3.55. The molecular weight excluding hydrogens is 300 g/mol. The summed E-state index contributed by atoms with van der Waals surface area (Å²) in [5, 5.41) is 8.97. The zero-order valence-electron chi connectivity index (χ0n) is 13.2. The smallest absolute Gasteiger partial charge is 0.420 e. The van der Waals surface area contributed by atoms with Gasteiger partial charge in [0.05, 0.1) is 11.1 Å². The number of aromatic carboxylic acids is 1. The maximum absolute atomic E-state index is 12.4. The third kappa shape index (κ3) is 3.61. The molecular formula is C16H20N2O5. The first kappa shape index (κ1) is 16.8. The van der Waals surface area contributed by atoms with Crippen LogP contribution in [0.2, 0.25) is 0 Å². The molecule has 2 aromatic rings. The molecule has 7 nitrogen and oxygen atoms in total. The average Bonchev–Trinajstić information content (AvgIpc) is 2.82. The first-order chi connectivity index (χ1) is 11.0. The zero-order chi connectivity index (χ0) is 17.0. The molecule has 1 heterocycles. The summed E-state index contributed by atoms with van der Waals surface area (Å²) in [7, 11) is 0. The van der Waals surface area contributed by atoms with E-state index in [9.17, 15) is 14.4 Å². The van der Waals surface area contributed by atoms with E-state index in [1.165, 1.54) is 22.8 Å². The van der Waals surface area contributed by atoms with E-state index in [1.807, 2.05) is 13.8 Å². The minimum absolute atomic E-state index is 0.0309. The van der Waals surface area contributed by atoms with E-state index in [-0.39, 0.29) is 23.6 Å². The van der Waals surface area contributed by atoms with Gasteiger partial charge in [0, 0.05) is 13.1 Å². The minimum Gasteiger partial charge on any atom is -0.478 e. The summed E-state index contributed by atoms with van der Waals surface area (Å²) in [6.45, 7) is 5.14. The highest BCUT2D eigenvalue weighted by atomic mass is 16.4. The first-order valence-corrected chi connectivity index (χ1v) is 7.62. The molecule has 23 heavy (non-hydrogen) atoms. The fourth-order valence-electron chi connectivity index (χ4n) is 2.49. The van der Waals surface area contributed by atoms with Crippen molar-refractivity contribution in [1.82, 2.24) is 9.47 Å². The van der Waals surface area contributed by atoms with Crippen LogP contribution in [-0.2, 0) is 11.3 Å². The Morgan fingerprint density at radius 1 is 1.22 bits per heavy atom. The largest absolute Gasteiger partial charge is 0.478 e. The Labute approximate surface area is 133 Å². The zero-order valence-corrected chi connectivity index (χ0v) is 13.2. The van der Waals surface area contributed by atoms with Crippen LogP contribution in [0.5, 0.6) is 0 Å². The number of hydrogen-bond donors (Lipinski definition) is 1. The highest BCUT2D eigenvalue weighted by Crippen LogP contribution is 2.15. The number of nitrogens with zero attached hydrogens (tertiary/aromatic N) is 2. The summed E-state index contributed by atoms with van der Waals surface area (Å²) in [5.74, 6) is -1.92. The highest BCUT2D eigenvalue weighted by Gasteiger charge is 2.18. The van der Waals surface area contributed by atoms with Gasteiger partial charge in [0.1, 0.15) is 6.54 Å². The molecule has 0 radical (unpaired) electrons. The van der Waals surface area contributed by atoms with Crippen LogP contribution in [0, 0.1) is 0 Å². The van der Waals surface area contributed by atoms with Crippen molar-refractivity contribution in [3.8, 4) is 0 Å². The normalized spacial score (nSPS) is 10.9. The molecule has 0 saturated heterocycles. The molecule has 1 aromatic carbocycles. The second-order valence-electron chi connectivity index (χ2n) is 5.32. The molecule has 1 N–H and O–H groups in total. The predicted octanol–water partition coefficient (Wildman–Crippen LogP) is 1.94. The fourth-order valence-corrected chi connectivity index (χ4v) is 2.49. The van der Waals surface area contributed by atoms with Gasteiger partial charge in [-0.15, -0.1) is 0 Å². The molecule has 0 saturated carbocycles. The number of amides is 1. The van der Waals surface area contributed by atoms with Gasteiger partial charge in [0.2, 0.25) is 5.91 Å². The summed E-state index contributed by atoms with van der Waals surface area (Å²) >= 11 is 0. The number of rotatable bonds is 7. The van der Waals surface area contributed by atoms with Crippen molar-refractivity contribution < 1.29 is 19.1 Å². The van der Waals surface area contributed by atoms with Crippen molar-refractivity contribution >= 4 is 23.0 Å². The number of hydrogen-bond acceptors (Lipinski definition) is 4. The molecule has 2 rings (SSSR count). The summed E-state index contributed by atoms with van der Waals surface area (Å²) < 4.78 is 6.30. The second-order valence-corrected chi connectivity index (χ2v) is 5.32. The molecule has 0 bridgehead atoms. The SMILES string of the molecule is CCCN(CCC)C(=O)Cn1c(=O)oc2cc(C(=O)O)ccc21. The van der Waals surface area contributed by atoms with Crippen molar-refractivity contribution in [2.24, 2.45) is 0 Å². The van der Waals surface area contributed by atoms with E-state index in [0.29, 0.717) is 18.6 Å². The maximum Gasteiger partial charge on any atom is 0.420 e. The van der Waals surface area contributed by atoms with Gasteiger partial charge in [-0.3, -0.25) is 9.36 Å². The minimum atomic E-state index is -1.10. The molecule has 0 aliphatic rings. The molecule has 0 aliphatic carbocycles. The lowest BCUT2D eigenvalue weighted by molar-refractivity contribution is -0.132. The van der Waals surface area contributed by atoms with Crippen LogP contribution < -0.4 is 5.76 Å². The van der Waals surface area contributed by atoms with Crippen LogP contribution in [-0.4, -0.2) is 39.5 Å². The van der Waals surface area contributed by atoms with Gasteiger partial charge in [-0.05, 0) is 31.0 Å². The van der Waals surface area contributed by atoms with Gasteiger partial charge in [-0.25, -0.2) is 9.59 Å². The van der Waals surface area contributed by atoms with Crippen molar-refractivity contribution in [3.63, 3.8) is 0 Å². The van der Waals surface area contributed by atoms with Gasteiger partial charge in [-0.1, -0.05) is 13.8 Å². The lowest BCUT2D eigenvalue weighted by Gasteiger charge is -2.21. The van der Waals surface area contributed by atoms with E-state index in [2.05, 4.69) is 0 Å². The van der Waals surface area contributed by atoms with E-state index in [0.717, 1.165) is 12.8 Å². The standard InChI is InChI=1S/C16H20N2O5/c1-3-7-17(8-4-2)14(19)10-18-12-6-5-11(15(20)21)9-13(12)23-16(18)22/h5-6,9H,3-4,7-8,10H2,1-2H3,(H,20,21). The summed E-state index contributed by atoms with van der Waals surface area (Å²) in [6, 6.07) is 4.16. The van der Waals surface area contributed by atoms with Crippen LogP contribution in [0.1, 0.15) is 37.0 Å². The van der Waals surface area contributed by atoms with Crippen LogP contribution in [0.25, 0.3) is 11.1 Å². The number of carbonyl (C=O) groups excluding carboxylic acids is 1. The Bertz CT molecular complexity index is 768. The maximum atomic E-state index is 12.4. The molecule has 124 valence electrons. The summed E-state index contributed by atoms with van der Waals surface area (Å²) in [6.07, 6.45) is 1.68. The van der Waals surface area contributed by atoms with Gasteiger partial charge in [-0.2, -0.15) is 0 Å². The van der Waals surface area contributed by atoms with E-state index < -0.39 is 11.7 Å². The molecule has 0 fully saturated rings. The Hall–Kier alpha value is -2.57. The summed E-state index contributed by atoms with van der Waals surface area (Å²) in [4.78, 5) is 37.0. The van der Waals surface area contributed by atoms with E-state index in [1.54, 1.807) is 4.90 Å². The quantitative estimate of drug-likeness (QED) is 0.841. The van der Waals surface area contributed by atoms with Crippen LogP contribution in [0.4, 0.5) is 0 Å². The Morgan fingerprint density at radius 2 is 1.87 bits per heavy atom. The predicted molar refractivity (Wildman–Crippen MR) is 84.6 cm³/mol. The monoisotopic (exact) mass is 320 g/mol. The lowest BCUT2D eigenvalue weighted by Crippen LogP contribution is -2.36.